The van der Waals surface area contributed by atoms with Crippen LogP contribution in [0.3, 0.4) is 0 Å². The van der Waals surface area contributed by atoms with Crippen LogP contribution in [-0.4, -0.2) is 21.3 Å². The van der Waals surface area contributed by atoms with Gasteiger partial charge in [0.25, 0.3) is 0 Å². The molecule has 0 amide bonds. The zero-order valence-electron chi connectivity index (χ0n) is 13.2. The monoisotopic (exact) mass is 460 g/mol. The van der Waals surface area contributed by atoms with Gasteiger partial charge in [-0.25, -0.2) is 9.97 Å². The minimum Gasteiger partial charge on any atom is -0.506 e. The van der Waals surface area contributed by atoms with Gasteiger partial charge in [0.05, 0.1) is 16.3 Å². The molecule has 0 atom stereocenters. The first-order valence-electron chi connectivity index (χ1n) is 7.41. The average molecular weight is 462 g/mol. The summed E-state index contributed by atoms with van der Waals surface area (Å²) < 4.78 is 1.38. The Bertz CT molecular complexity index is 930. The molecule has 0 bridgehead atoms. The number of nitrogens with one attached hydrogen (secondary N) is 1. The Hall–Kier alpha value is -2.25. The number of halogens is 2. The number of hydrogen-bond acceptors (Lipinski definition) is 5. The number of phenols is 1. The molecule has 0 unspecified atom stereocenters. The molecule has 0 aliphatic heterocycles. The van der Waals surface area contributed by atoms with Crippen LogP contribution in [0, 0.1) is 6.92 Å². The zero-order valence-corrected chi connectivity index (χ0v) is 16.4. The van der Waals surface area contributed by atoms with E-state index in [4.69, 9.17) is 0 Å². The highest BCUT2D eigenvalue weighted by molar-refractivity contribution is 9.11. The summed E-state index contributed by atoms with van der Waals surface area (Å²) in [6, 6.07) is 15.1. The molecule has 0 fully saturated rings. The molecule has 2 aromatic carbocycles. The van der Waals surface area contributed by atoms with E-state index in [0.717, 1.165) is 15.7 Å². The number of aromatic hydroxyl groups is 1. The van der Waals surface area contributed by atoms with E-state index >= 15 is 0 Å². The third-order valence-electron chi connectivity index (χ3n) is 3.32. The van der Waals surface area contributed by atoms with Gasteiger partial charge >= 0.3 is 0 Å². The molecule has 2 N–H and O–H groups in total. The number of nitrogens with zero attached hydrogens (tertiary/aromatic N) is 3. The van der Waals surface area contributed by atoms with E-state index in [2.05, 4.69) is 52.4 Å². The van der Waals surface area contributed by atoms with E-state index in [1.54, 1.807) is 24.4 Å². The number of rotatable bonds is 4. The number of anilines is 1. The first kappa shape index (κ1) is 17.6. The van der Waals surface area contributed by atoms with E-state index < -0.39 is 0 Å². The third-order valence-corrected chi connectivity index (χ3v) is 4.38. The Morgan fingerprint density at radius 3 is 2.60 bits per heavy atom. The molecule has 0 spiro atoms. The third kappa shape index (κ3) is 4.43. The lowest BCUT2D eigenvalue weighted by molar-refractivity contribution is 0.473. The molecule has 3 aromatic rings. The molecule has 0 radical (unpaired) electrons. The Morgan fingerprint density at radius 1 is 1.08 bits per heavy atom. The number of aromatic nitrogens is 2. The van der Waals surface area contributed by atoms with Crippen molar-refractivity contribution in [3.8, 4) is 17.1 Å². The highest BCUT2D eigenvalue weighted by atomic mass is 79.9. The van der Waals surface area contributed by atoms with Gasteiger partial charge in [-0.15, -0.1) is 0 Å². The Morgan fingerprint density at radius 2 is 1.84 bits per heavy atom. The van der Waals surface area contributed by atoms with Crippen molar-refractivity contribution in [1.82, 2.24) is 9.97 Å². The maximum Gasteiger partial charge on any atom is 0.165 e. The molecule has 0 saturated carbocycles. The summed E-state index contributed by atoms with van der Waals surface area (Å²) in [7, 11) is 0. The molecule has 1 heterocycles. The Balaban J connectivity index is 1.90. The summed E-state index contributed by atoms with van der Waals surface area (Å²) >= 11 is 6.74. The molecule has 126 valence electrons. The van der Waals surface area contributed by atoms with Crippen molar-refractivity contribution in [1.29, 1.82) is 0 Å². The zero-order chi connectivity index (χ0) is 17.8. The van der Waals surface area contributed by atoms with Crippen molar-refractivity contribution in [3.05, 3.63) is 68.7 Å². The van der Waals surface area contributed by atoms with E-state index in [9.17, 15) is 5.11 Å². The lowest BCUT2D eigenvalue weighted by atomic mass is 10.2. The topological polar surface area (TPSA) is 70.4 Å². The van der Waals surface area contributed by atoms with Crippen LogP contribution in [0.4, 0.5) is 5.82 Å². The smallest absolute Gasteiger partial charge is 0.165 e. The van der Waals surface area contributed by atoms with E-state index in [-0.39, 0.29) is 5.75 Å². The van der Waals surface area contributed by atoms with Crippen molar-refractivity contribution in [2.24, 2.45) is 5.10 Å². The number of hydrazone groups is 1. The summed E-state index contributed by atoms with van der Waals surface area (Å²) in [5.41, 5.74) is 5.18. The van der Waals surface area contributed by atoms with Crippen LogP contribution in [-0.2, 0) is 0 Å². The lowest BCUT2D eigenvalue weighted by Crippen LogP contribution is -1.99. The summed E-state index contributed by atoms with van der Waals surface area (Å²) in [5.74, 6) is 1.05. The van der Waals surface area contributed by atoms with Gasteiger partial charge in [0.1, 0.15) is 5.75 Å². The molecule has 25 heavy (non-hydrogen) atoms. The van der Waals surface area contributed by atoms with Crippen LogP contribution in [0.1, 0.15) is 11.3 Å². The maximum absolute atomic E-state index is 10.3. The van der Waals surface area contributed by atoms with Crippen LogP contribution < -0.4 is 5.43 Å². The fourth-order valence-electron chi connectivity index (χ4n) is 2.19. The molecule has 0 saturated heterocycles. The van der Waals surface area contributed by atoms with Crippen molar-refractivity contribution >= 4 is 43.9 Å². The van der Waals surface area contributed by atoms with Gasteiger partial charge in [0, 0.05) is 16.2 Å². The van der Waals surface area contributed by atoms with Crippen LogP contribution in [0.15, 0.2) is 62.6 Å². The van der Waals surface area contributed by atoms with Gasteiger partial charge in [-0.05, 0) is 40.5 Å². The second-order valence-corrected chi connectivity index (χ2v) is 7.05. The van der Waals surface area contributed by atoms with Crippen molar-refractivity contribution in [2.45, 2.75) is 6.92 Å². The van der Waals surface area contributed by atoms with Crippen molar-refractivity contribution in [2.75, 3.05) is 5.43 Å². The summed E-state index contributed by atoms with van der Waals surface area (Å²) in [5, 5.41) is 14.5. The molecule has 3 rings (SSSR count). The van der Waals surface area contributed by atoms with E-state index in [1.165, 1.54) is 0 Å². The summed E-state index contributed by atoms with van der Waals surface area (Å²) in [4.78, 5) is 8.85. The highest BCUT2D eigenvalue weighted by Gasteiger charge is 2.13. The van der Waals surface area contributed by atoms with E-state index in [0.29, 0.717) is 21.7 Å². The molecule has 0 aliphatic carbocycles. The van der Waals surface area contributed by atoms with Crippen molar-refractivity contribution < 1.29 is 5.11 Å². The van der Waals surface area contributed by atoms with Crippen LogP contribution >= 0.6 is 31.9 Å². The second kappa shape index (κ2) is 7.76. The number of aryl methyl sites for hydroxylation is 1. The van der Waals surface area contributed by atoms with Gasteiger partial charge in [0.15, 0.2) is 11.6 Å². The fourth-order valence-corrected chi connectivity index (χ4v) is 3.42. The number of phenolic OH excluding ortho intramolecular Hbond substituents is 1. The highest BCUT2D eigenvalue weighted by Crippen LogP contribution is 2.37. The van der Waals surface area contributed by atoms with Crippen LogP contribution in [0.5, 0.6) is 5.75 Å². The molecular weight excluding hydrogens is 448 g/mol. The summed E-state index contributed by atoms with van der Waals surface area (Å²) in [6.45, 7) is 1.86. The molecule has 0 aliphatic rings. The van der Waals surface area contributed by atoms with E-state index in [1.807, 2.05) is 37.3 Å². The van der Waals surface area contributed by atoms with Gasteiger partial charge in [-0.3, -0.25) is 5.43 Å². The molecule has 1 aromatic heterocycles. The van der Waals surface area contributed by atoms with Gasteiger partial charge in [-0.2, -0.15) is 5.10 Å². The SMILES string of the molecule is Cc1cc(NN=Cc2ccccc2)nc(-c2cc(Br)cc(Br)c2O)n1. The first-order chi connectivity index (χ1) is 12.0. The predicted molar refractivity (Wildman–Crippen MR) is 107 cm³/mol. The van der Waals surface area contributed by atoms with Gasteiger partial charge in [0.2, 0.25) is 0 Å². The predicted octanol–water partition coefficient (Wildman–Crippen LogP) is 5.13. The molecular formula is C18H14Br2N4O. The summed E-state index contributed by atoms with van der Waals surface area (Å²) in [6.07, 6.45) is 1.71. The minimum atomic E-state index is 0.0903. The van der Waals surface area contributed by atoms with Crippen LogP contribution in [0.2, 0.25) is 0 Å². The Kier molecular flexibility index (Phi) is 5.45. The fraction of sp³-hybridized carbons (Fsp3) is 0.0556. The quantitative estimate of drug-likeness (QED) is 0.417. The van der Waals surface area contributed by atoms with Crippen molar-refractivity contribution in [3.63, 3.8) is 0 Å². The molecule has 7 heteroatoms. The van der Waals surface area contributed by atoms with Gasteiger partial charge in [-0.1, -0.05) is 46.3 Å². The van der Waals surface area contributed by atoms with Gasteiger partial charge < -0.3 is 5.11 Å². The average Bonchev–Trinajstić information content (AvgIpc) is 2.58. The number of hydrogen-bond donors (Lipinski definition) is 2. The lowest BCUT2D eigenvalue weighted by Gasteiger charge is -2.09. The minimum absolute atomic E-state index is 0.0903. The standard InChI is InChI=1S/C18H14Br2N4O/c1-11-7-16(24-21-10-12-5-3-2-4-6-12)23-18(22-11)14-8-13(19)9-15(20)17(14)25/h2-10,25H,1H3,(H,22,23,24). The Labute approximate surface area is 162 Å². The largest absolute Gasteiger partial charge is 0.506 e. The maximum atomic E-state index is 10.3. The second-order valence-electron chi connectivity index (χ2n) is 5.28. The number of benzene rings is 2. The normalized spacial score (nSPS) is 11.0. The molecule has 5 nitrogen and oxygen atoms in total. The first-order valence-corrected chi connectivity index (χ1v) is 9.00. The van der Waals surface area contributed by atoms with Crippen LogP contribution in [0.25, 0.3) is 11.4 Å².